The zero-order chi connectivity index (χ0) is 23.1. The molecule has 1 N–H and O–H groups in total. The minimum atomic E-state index is -0.493. The van der Waals surface area contributed by atoms with Crippen LogP contribution in [0.1, 0.15) is 16.7 Å². The average Bonchev–Trinajstić information content (AvgIpc) is 2.77. The number of nitriles is 1. The predicted octanol–water partition coefficient (Wildman–Crippen LogP) is 5.79. The van der Waals surface area contributed by atoms with Crippen molar-refractivity contribution >= 4 is 39.3 Å². The van der Waals surface area contributed by atoms with Crippen molar-refractivity contribution in [2.75, 3.05) is 5.32 Å². The number of nitrogens with zero attached hydrogens (tertiary/aromatic N) is 2. The van der Waals surface area contributed by atoms with Crippen molar-refractivity contribution in [1.82, 2.24) is 0 Å². The van der Waals surface area contributed by atoms with Crippen LogP contribution in [0.3, 0.4) is 0 Å². The van der Waals surface area contributed by atoms with Gasteiger partial charge in [-0.2, -0.15) is 5.26 Å². The molecule has 8 heteroatoms. The number of anilines is 1. The highest BCUT2D eigenvalue weighted by Gasteiger charge is 2.11. The summed E-state index contributed by atoms with van der Waals surface area (Å²) in [7, 11) is 0. The normalized spacial score (nSPS) is 10.8. The van der Waals surface area contributed by atoms with E-state index in [9.17, 15) is 20.2 Å². The molecule has 0 saturated heterocycles. The fourth-order valence-electron chi connectivity index (χ4n) is 2.84. The van der Waals surface area contributed by atoms with Gasteiger partial charge in [-0.1, -0.05) is 18.2 Å². The highest BCUT2D eigenvalue weighted by molar-refractivity contribution is 9.10. The van der Waals surface area contributed by atoms with Gasteiger partial charge in [0.05, 0.1) is 9.40 Å². The number of rotatable bonds is 7. The summed E-state index contributed by atoms with van der Waals surface area (Å²) in [5.74, 6) is 0.0657. The highest BCUT2D eigenvalue weighted by Crippen LogP contribution is 2.28. The van der Waals surface area contributed by atoms with Crippen LogP contribution in [0.2, 0.25) is 0 Å². The lowest BCUT2D eigenvalue weighted by atomic mass is 10.1. The number of hydrogen-bond donors (Lipinski definition) is 1. The first-order valence-electron chi connectivity index (χ1n) is 9.51. The van der Waals surface area contributed by atoms with Crippen molar-refractivity contribution in [2.24, 2.45) is 0 Å². The third-order valence-corrected chi connectivity index (χ3v) is 5.07. The molecule has 0 bridgehead atoms. The number of hydrogen-bond acceptors (Lipinski definition) is 5. The van der Waals surface area contributed by atoms with Crippen LogP contribution in [-0.4, -0.2) is 10.8 Å². The number of carbonyl (C=O) groups is 1. The van der Waals surface area contributed by atoms with E-state index in [1.165, 1.54) is 18.2 Å². The molecule has 0 aliphatic heterocycles. The predicted molar refractivity (Wildman–Crippen MR) is 125 cm³/mol. The van der Waals surface area contributed by atoms with Crippen LogP contribution in [0, 0.1) is 28.4 Å². The van der Waals surface area contributed by atoms with Gasteiger partial charge in [0.2, 0.25) is 0 Å². The van der Waals surface area contributed by atoms with Gasteiger partial charge in [0.15, 0.2) is 0 Å². The summed E-state index contributed by atoms with van der Waals surface area (Å²) < 4.78 is 6.41. The Morgan fingerprint density at radius 2 is 1.94 bits per heavy atom. The third kappa shape index (κ3) is 6.03. The summed E-state index contributed by atoms with van der Waals surface area (Å²) in [6.45, 7) is 2.15. The second kappa shape index (κ2) is 10.4. The molecular weight excluding hydrogens is 474 g/mol. The van der Waals surface area contributed by atoms with Gasteiger partial charge < -0.3 is 10.1 Å². The average molecular weight is 492 g/mol. The SMILES string of the molecule is Cc1cccc(NC(=O)/C(C#N)=C\c2ccc(OCc3ccc([N+](=O)[O-])cc3)c(Br)c2)c1. The van der Waals surface area contributed by atoms with E-state index < -0.39 is 10.8 Å². The molecule has 1 amide bonds. The number of non-ortho nitro benzene ring substituents is 1. The Morgan fingerprint density at radius 1 is 1.19 bits per heavy atom. The van der Waals surface area contributed by atoms with Crippen LogP contribution < -0.4 is 10.1 Å². The van der Waals surface area contributed by atoms with E-state index in [0.717, 1.165) is 11.1 Å². The molecule has 3 aromatic carbocycles. The highest BCUT2D eigenvalue weighted by atomic mass is 79.9. The molecule has 0 fully saturated rings. The Kier molecular flexibility index (Phi) is 7.37. The first-order valence-corrected chi connectivity index (χ1v) is 10.3. The van der Waals surface area contributed by atoms with Crippen molar-refractivity contribution in [2.45, 2.75) is 13.5 Å². The quantitative estimate of drug-likeness (QED) is 0.195. The Labute approximate surface area is 193 Å². The zero-order valence-corrected chi connectivity index (χ0v) is 18.6. The van der Waals surface area contributed by atoms with Crippen molar-refractivity contribution in [1.29, 1.82) is 5.26 Å². The Hall–Kier alpha value is -3.96. The van der Waals surface area contributed by atoms with Gasteiger partial charge >= 0.3 is 0 Å². The van der Waals surface area contributed by atoms with Crippen LogP contribution >= 0.6 is 15.9 Å². The van der Waals surface area contributed by atoms with E-state index in [0.29, 0.717) is 21.5 Å². The fourth-order valence-corrected chi connectivity index (χ4v) is 3.35. The lowest BCUT2D eigenvalue weighted by molar-refractivity contribution is -0.384. The molecule has 0 aromatic heterocycles. The third-order valence-electron chi connectivity index (χ3n) is 4.45. The number of benzene rings is 3. The van der Waals surface area contributed by atoms with Gasteiger partial charge in [-0.15, -0.1) is 0 Å². The molecule has 160 valence electrons. The fraction of sp³-hybridized carbons (Fsp3) is 0.0833. The zero-order valence-electron chi connectivity index (χ0n) is 17.0. The summed E-state index contributed by atoms with van der Waals surface area (Å²) >= 11 is 3.43. The van der Waals surface area contributed by atoms with E-state index in [4.69, 9.17) is 4.74 Å². The smallest absolute Gasteiger partial charge is 0.269 e. The van der Waals surface area contributed by atoms with Gasteiger partial charge in [-0.3, -0.25) is 14.9 Å². The lowest BCUT2D eigenvalue weighted by Crippen LogP contribution is -2.13. The Bertz CT molecular complexity index is 1230. The number of aryl methyl sites for hydroxylation is 1. The maximum absolute atomic E-state index is 12.5. The van der Waals surface area contributed by atoms with Gasteiger partial charge in [0, 0.05) is 17.8 Å². The first kappa shape index (κ1) is 22.7. The molecule has 3 rings (SSSR count). The summed E-state index contributed by atoms with van der Waals surface area (Å²) in [6.07, 6.45) is 1.50. The van der Waals surface area contributed by atoms with Gasteiger partial charge in [0.25, 0.3) is 11.6 Å². The van der Waals surface area contributed by atoms with E-state index in [1.54, 1.807) is 36.4 Å². The number of nitro benzene ring substituents is 1. The maximum Gasteiger partial charge on any atom is 0.269 e. The van der Waals surface area contributed by atoms with Crippen molar-refractivity contribution in [3.63, 3.8) is 0 Å². The summed E-state index contributed by atoms with van der Waals surface area (Å²) in [6, 6.07) is 20.6. The second-order valence-electron chi connectivity index (χ2n) is 6.90. The summed E-state index contributed by atoms with van der Waals surface area (Å²) in [4.78, 5) is 22.7. The molecule has 3 aromatic rings. The minimum absolute atomic E-state index is 0.0193. The van der Waals surface area contributed by atoms with Crippen molar-refractivity contribution in [3.05, 3.63) is 104 Å². The van der Waals surface area contributed by atoms with Crippen molar-refractivity contribution in [3.8, 4) is 11.8 Å². The number of amides is 1. The molecule has 0 aliphatic rings. The summed E-state index contributed by atoms with van der Waals surface area (Å²) in [5.41, 5.74) is 3.04. The number of carbonyl (C=O) groups excluding carboxylic acids is 1. The number of nitrogens with one attached hydrogen (secondary N) is 1. The largest absolute Gasteiger partial charge is 0.488 e. The molecule has 0 heterocycles. The topological polar surface area (TPSA) is 105 Å². The first-order chi connectivity index (χ1) is 15.4. The van der Waals surface area contributed by atoms with Gasteiger partial charge in [-0.25, -0.2) is 0 Å². The van der Waals surface area contributed by atoms with Gasteiger partial charge in [0.1, 0.15) is 24.0 Å². The van der Waals surface area contributed by atoms with E-state index >= 15 is 0 Å². The lowest BCUT2D eigenvalue weighted by Gasteiger charge is -2.09. The van der Waals surface area contributed by atoms with Crippen LogP contribution in [0.15, 0.2) is 76.8 Å². The van der Waals surface area contributed by atoms with E-state index in [-0.39, 0.29) is 17.9 Å². The molecule has 0 radical (unpaired) electrons. The second-order valence-corrected chi connectivity index (χ2v) is 7.75. The molecule has 7 nitrogen and oxygen atoms in total. The molecule has 0 saturated carbocycles. The molecule has 0 aliphatic carbocycles. The standard InChI is InChI=1S/C24H18BrN3O4/c1-16-3-2-4-20(11-16)27-24(29)19(14-26)12-18-7-10-23(22(25)13-18)32-15-17-5-8-21(9-6-17)28(30)31/h2-13H,15H2,1H3,(H,27,29)/b19-12-. The number of ether oxygens (including phenoxy) is 1. The maximum atomic E-state index is 12.5. The summed E-state index contributed by atoms with van der Waals surface area (Å²) in [5, 5.41) is 22.9. The molecule has 32 heavy (non-hydrogen) atoms. The van der Waals surface area contributed by atoms with Crippen molar-refractivity contribution < 1.29 is 14.5 Å². The van der Waals surface area contributed by atoms with Crippen LogP contribution in [0.5, 0.6) is 5.75 Å². The van der Waals surface area contributed by atoms with Crippen LogP contribution in [-0.2, 0) is 11.4 Å². The van der Waals surface area contributed by atoms with E-state index in [2.05, 4.69) is 21.2 Å². The molecule has 0 spiro atoms. The van der Waals surface area contributed by atoms with Gasteiger partial charge in [-0.05, 0) is 82.0 Å². The Balaban J connectivity index is 1.68. The van der Waals surface area contributed by atoms with Crippen LogP contribution in [0.25, 0.3) is 6.08 Å². The monoisotopic (exact) mass is 491 g/mol. The molecular formula is C24H18BrN3O4. The van der Waals surface area contributed by atoms with Crippen LogP contribution in [0.4, 0.5) is 11.4 Å². The molecule has 0 unspecified atom stereocenters. The van der Waals surface area contributed by atoms with E-state index in [1.807, 2.05) is 31.2 Å². The number of halogens is 1. The minimum Gasteiger partial charge on any atom is -0.488 e. The molecule has 0 atom stereocenters. The Morgan fingerprint density at radius 3 is 2.56 bits per heavy atom. The number of nitro groups is 1.